The van der Waals surface area contributed by atoms with Gasteiger partial charge in [0.25, 0.3) is 5.91 Å². The summed E-state index contributed by atoms with van der Waals surface area (Å²) in [6.07, 6.45) is 0. The number of para-hydroxylation sites is 1. The molecule has 0 fully saturated rings. The minimum Gasteiger partial charge on any atom is -0.493 e. The number of ether oxygens (including phenoxy) is 2. The average Bonchev–Trinajstić information content (AvgIpc) is 2.74. The van der Waals surface area contributed by atoms with Crippen molar-refractivity contribution in [1.82, 2.24) is 0 Å². The fourth-order valence-corrected chi connectivity index (χ4v) is 3.83. The first-order chi connectivity index (χ1) is 14.5. The summed E-state index contributed by atoms with van der Waals surface area (Å²) in [6, 6.07) is 19.5. The number of anilines is 2. The predicted molar refractivity (Wildman–Crippen MR) is 130 cm³/mol. The fraction of sp³-hybridized carbons (Fsp3) is 0.208. The lowest BCUT2D eigenvalue weighted by Crippen LogP contribution is -2.20. The number of rotatable bonds is 8. The fourth-order valence-electron chi connectivity index (χ4n) is 3.01. The molecular formula is C24H25IN2O3. The van der Waals surface area contributed by atoms with Crippen LogP contribution in [0.4, 0.5) is 11.4 Å². The number of amides is 1. The molecule has 2 N–H and O–H groups in total. The highest BCUT2D eigenvalue weighted by Gasteiger charge is 2.14. The van der Waals surface area contributed by atoms with E-state index in [4.69, 9.17) is 9.47 Å². The molecule has 156 valence electrons. The molecule has 0 spiro atoms. The number of methoxy groups -OCH3 is 1. The first kappa shape index (κ1) is 22.0. The number of carbonyl (C=O) groups is 1. The van der Waals surface area contributed by atoms with Crippen LogP contribution in [0.15, 0.2) is 60.7 Å². The first-order valence-corrected chi connectivity index (χ1v) is 10.7. The number of carbonyl (C=O) groups excluding carboxylic acids is 1. The Morgan fingerprint density at radius 2 is 1.80 bits per heavy atom. The molecule has 0 aliphatic carbocycles. The van der Waals surface area contributed by atoms with Gasteiger partial charge < -0.3 is 20.1 Å². The summed E-state index contributed by atoms with van der Waals surface area (Å²) >= 11 is 2.21. The van der Waals surface area contributed by atoms with Crippen LogP contribution in [0.25, 0.3) is 0 Å². The Hall–Kier alpha value is -2.74. The standard InChI is InChI=1S/C24H25IN2O3/c1-16-8-7-11-21(17(16)2)26-14-18-12-20(25)24(22(13-18)29-3)30-15-23(28)27-19-9-5-4-6-10-19/h4-13,26H,14-15H2,1-3H3,(H,27,28). The van der Waals surface area contributed by atoms with E-state index < -0.39 is 0 Å². The van der Waals surface area contributed by atoms with Crippen LogP contribution in [-0.2, 0) is 11.3 Å². The van der Waals surface area contributed by atoms with Crippen LogP contribution in [0.1, 0.15) is 16.7 Å². The summed E-state index contributed by atoms with van der Waals surface area (Å²) in [5.74, 6) is 0.948. The van der Waals surface area contributed by atoms with Gasteiger partial charge in [-0.15, -0.1) is 0 Å². The van der Waals surface area contributed by atoms with Crippen LogP contribution in [0.2, 0.25) is 0 Å². The molecule has 0 bridgehead atoms. The van der Waals surface area contributed by atoms with E-state index in [0.29, 0.717) is 18.0 Å². The van der Waals surface area contributed by atoms with E-state index in [0.717, 1.165) is 20.5 Å². The van der Waals surface area contributed by atoms with Crippen molar-refractivity contribution < 1.29 is 14.3 Å². The van der Waals surface area contributed by atoms with Crippen molar-refractivity contribution in [2.45, 2.75) is 20.4 Å². The molecule has 0 aromatic heterocycles. The molecule has 0 saturated carbocycles. The van der Waals surface area contributed by atoms with Gasteiger partial charge in [0.1, 0.15) is 0 Å². The van der Waals surface area contributed by atoms with Gasteiger partial charge in [-0.1, -0.05) is 30.3 Å². The molecule has 0 heterocycles. The second kappa shape index (κ2) is 10.3. The van der Waals surface area contributed by atoms with E-state index in [1.165, 1.54) is 11.1 Å². The predicted octanol–water partition coefficient (Wildman–Crippen LogP) is 5.55. The number of aryl methyl sites for hydroxylation is 1. The summed E-state index contributed by atoms with van der Waals surface area (Å²) in [4.78, 5) is 12.2. The quantitative estimate of drug-likeness (QED) is 0.386. The van der Waals surface area contributed by atoms with Gasteiger partial charge in [-0.2, -0.15) is 0 Å². The number of benzene rings is 3. The monoisotopic (exact) mass is 516 g/mol. The third-order valence-electron chi connectivity index (χ3n) is 4.78. The highest BCUT2D eigenvalue weighted by Crippen LogP contribution is 2.34. The minimum absolute atomic E-state index is 0.0959. The molecule has 0 aliphatic heterocycles. The molecule has 0 saturated heterocycles. The smallest absolute Gasteiger partial charge is 0.262 e. The maximum atomic E-state index is 12.2. The maximum Gasteiger partial charge on any atom is 0.262 e. The Balaban J connectivity index is 1.66. The van der Waals surface area contributed by atoms with Crippen LogP contribution >= 0.6 is 22.6 Å². The highest BCUT2D eigenvalue weighted by atomic mass is 127. The molecule has 3 aromatic rings. The first-order valence-electron chi connectivity index (χ1n) is 9.62. The molecule has 0 unspecified atom stereocenters. The molecule has 0 aliphatic rings. The van der Waals surface area contributed by atoms with Gasteiger partial charge in [-0.05, 0) is 83.5 Å². The molecule has 3 aromatic carbocycles. The summed E-state index contributed by atoms with van der Waals surface area (Å²) < 4.78 is 12.2. The van der Waals surface area contributed by atoms with E-state index in [1.54, 1.807) is 7.11 Å². The Morgan fingerprint density at radius 3 is 2.53 bits per heavy atom. The van der Waals surface area contributed by atoms with Gasteiger partial charge in [-0.25, -0.2) is 0 Å². The summed E-state index contributed by atoms with van der Waals surface area (Å²) in [6.45, 7) is 4.78. The lowest BCUT2D eigenvalue weighted by molar-refractivity contribution is -0.118. The largest absolute Gasteiger partial charge is 0.493 e. The van der Waals surface area contributed by atoms with Gasteiger partial charge in [0, 0.05) is 17.9 Å². The molecule has 5 nitrogen and oxygen atoms in total. The molecule has 6 heteroatoms. The SMILES string of the molecule is COc1cc(CNc2cccc(C)c2C)cc(I)c1OCC(=O)Nc1ccccc1. The zero-order valence-corrected chi connectivity index (χ0v) is 19.4. The number of halogens is 1. The zero-order valence-electron chi connectivity index (χ0n) is 17.3. The minimum atomic E-state index is -0.222. The third-order valence-corrected chi connectivity index (χ3v) is 5.58. The maximum absolute atomic E-state index is 12.2. The van der Waals surface area contributed by atoms with E-state index in [-0.39, 0.29) is 12.5 Å². The van der Waals surface area contributed by atoms with Gasteiger partial charge in [-0.3, -0.25) is 4.79 Å². The van der Waals surface area contributed by atoms with Gasteiger partial charge in [0.05, 0.1) is 10.7 Å². The summed E-state index contributed by atoms with van der Waals surface area (Å²) in [5.41, 5.74) is 5.41. The van der Waals surface area contributed by atoms with E-state index in [1.807, 2.05) is 48.5 Å². The van der Waals surface area contributed by atoms with E-state index >= 15 is 0 Å². The Kier molecular flexibility index (Phi) is 7.57. The molecule has 3 rings (SSSR count). The molecule has 30 heavy (non-hydrogen) atoms. The molecular weight excluding hydrogens is 491 g/mol. The van der Waals surface area contributed by atoms with Crippen molar-refractivity contribution in [1.29, 1.82) is 0 Å². The second-order valence-electron chi connectivity index (χ2n) is 6.91. The number of hydrogen-bond acceptors (Lipinski definition) is 4. The van der Waals surface area contributed by atoms with Crippen LogP contribution in [0.5, 0.6) is 11.5 Å². The number of hydrogen-bond donors (Lipinski definition) is 2. The van der Waals surface area contributed by atoms with Gasteiger partial charge in [0.15, 0.2) is 18.1 Å². The average molecular weight is 516 g/mol. The lowest BCUT2D eigenvalue weighted by Gasteiger charge is -2.16. The number of nitrogens with one attached hydrogen (secondary N) is 2. The lowest BCUT2D eigenvalue weighted by atomic mass is 10.1. The molecule has 1 amide bonds. The molecule has 0 radical (unpaired) electrons. The van der Waals surface area contributed by atoms with Gasteiger partial charge in [0.2, 0.25) is 0 Å². The summed E-state index contributed by atoms with van der Waals surface area (Å²) in [5, 5.41) is 6.29. The van der Waals surface area contributed by atoms with Crippen molar-refractivity contribution >= 4 is 39.9 Å². The zero-order chi connectivity index (χ0) is 21.5. The van der Waals surface area contributed by atoms with E-state index in [9.17, 15) is 4.79 Å². The highest BCUT2D eigenvalue weighted by molar-refractivity contribution is 14.1. The van der Waals surface area contributed by atoms with Crippen LogP contribution in [0.3, 0.4) is 0 Å². The van der Waals surface area contributed by atoms with Crippen molar-refractivity contribution in [3.05, 3.63) is 80.9 Å². The Bertz CT molecular complexity index is 1020. The topological polar surface area (TPSA) is 59.6 Å². The second-order valence-corrected chi connectivity index (χ2v) is 8.08. The van der Waals surface area contributed by atoms with Crippen molar-refractivity contribution in [3.8, 4) is 11.5 Å². The Morgan fingerprint density at radius 1 is 1.03 bits per heavy atom. The van der Waals surface area contributed by atoms with Gasteiger partial charge >= 0.3 is 0 Å². The van der Waals surface area contributed by atoms with Crippen LogP contribution in [0, 0.1) is 17.4 Å². The normalized spacial score (nSPS) is 10.4. The van der Waals surface area contributed by atoms with Crippen LogP contribution < -0.4 is 20.1 Å². The summed E-state index contributed by atoms with van der Waals surface area (Å²) in [7, 11) is 1.60. The Labute approximate surface area is 190 Å². The van der Waals surface area contributed by atoms with Crippen molar-refractivity contribution in [2.24, 2.45) is 0 Å². The molecule has 0 atom stereocenters. The van der Waals surface area contributed by atoms with Crippen molar-refractivity contribution in [3.63, 3.8) is 0 Å². The van der Waals surface area contributed by atoms with Crippen LogP contribution in [-0.4, -0.2) is 19.6 Å². The third kappa shape index (κ3) is 5.66. The van der Waals surface area contributed by atoms with Crippen molar-refractivity contribution in [2.75, 3.05) is 24.4 Å². The van der Waals surface area contributed by atoms with E-state index in [2.05, 4.69) is 59.2 Å².